The maximum atomic E-state index is 11.5. The van der Waals surface area contributed by atoms with E-state index in [1.54, 1.807) is 0 Å². The third kappa shape index (κ3) is 2.04. The first-order valence-corrected chi connectivity index (χ1v) is 5.32. The molecule has 1 aromatic rings. The van der Waals surface area contributed by atoms with Crippen LogP contribution >= 0.6 is 0 Å². The molecule has 1 atom stereocenters. The zero-order chi connectivity index (χ0) is 10.9. The Morgan fingerprint density at radius 2 is 1.93 bits per heavy atom. The van der Waals surface area contributed by atoms with Gasteiger partial charge in [-0.25, -0.2) is 0 Å². The molecule has 0 saturated carbocycles. The Balaban J connectivity index is 2.17. The summed E-state index contributed by atoms with van der Waals surface area (Å²) in [5, 5.41) is 0. The number of carbonyl (C=O) groups excluding carboxylic acids is 1. The Bertz CT molecular complexity index is 354. The van der Waals surface area contributed by atoms with E-state index in [1.165, 1.54) is 5.56 Å². The zero-order valence-electron chi connectivity index (χ0n) is 9.19. The Morgan fingerprint density at radius 1 is 1.27 bits per heavy atom. The number of ether oxygens (including phenoxy) is 1. The van der Waals surface area contributed by atoms with Crippen molar-refractivity contribution < 1.29 is 9.53 Å². The van der Waals surface area contributed by atoms with Crippen LogP contribution in [0.15, 0.2) is 30.3 Å². The maximum Gasteiger partial charge on any atom is 0.311 e. The first-order valence-electron chi connectivity index (χ1n) is 5.32. The van der Waals surface area contributed by atoms with E-state index in [1.807, 2.05) is 32.0 Å². The molecule has 0 N–H and O–H groups in total. The van der Waals surface area contributed by atoms with Gasteiger partial charge in [-0.3, -0.25) is 4.79 Å². The van der Waals surface area contributed by atoms with Crippen molar-refractivity contribution >= 4 is 5.97 Å². The molecule has 1 fully saturated rings. The molecule has 80 valence electrons. The molecule has 15 heavy (non-hydrogen) atoms. The van der Waals surface area contributed by atoms with E-state index >= 15 is 0 Å². The van der Waals surface area contributed by atoms with Gasteiger partial charge in [0.25, 0.3) is 0 Å². The van der Waals surface area contributed by atoms with Gasteiger partial charge in [0, 0.05) is 5.92 Å². The van der Waals surface area contributed by atoms with E-state index in [4.69, 9.17) is 4.74 Å². The summed E-state index contributed by atoms with van der Waals surface area (Å²) in [6, 6.07) is 10.3. The summed E-state index contributed by atoms with van der Waals surface area (Å²) >= 11 is 0. The number of hydrogen-bond acceptors (Lipinski definition) is 2. The summed E-state index contributed by atoms with van der Waals surface area (Å²) in [6.07, 6.45) is 0.871. The molecule has 1 aliphatic rings. The number of rotatable bonds is 1. The van der Waals surface area contributed by atoms with Crippen LogP contribution in [0.4, 0.5) is 0 Å². The summed E-state index contributed by atoms with van der Waals surface area (Å²) in [5.74, 6) is 0.272. The fraction of sp³-hybridized carbons (Fsp3) is 0.462. The van der Waals surface area contributed by atoms with E-state index in [0.717, 1.165) is 6.42 Å². The molecule has 2 nitrogen and oxygen atoms in total. The number of carbonyl (C=O) groups is 1. The Labute approximate surface area is 90.3 Å². The second-order valence-corrected chi connectivity index (χ2v) is 4.79. The van der Waals surface area contributed by atoms with Crippen molar-refractivity contribution in [3.8, 4) is 0 Å². The van der Waals surface area contributed by atoms with Gasteiger partial charge in [-0.15, -0.1) is 0 Å². The minimum atomic E-state index is -0.348. The van der Waals surface area contributed by atoms with Crippen molar-refractivity contribution in [2.75, 3.05) is 6.61 Å². The van der Waals surface area contributed by atoms with Crippen LogP contribution in [-0.4, -0.2) is 12.6 Å². The van der Waals surface area contributed by atoms with Crippen LogP contribution in [0.25, 0.3) is 0 Å². The lowest BCUT2D eigenvalue weighted by molar-refractivity contribution is -0.160. The van der Waals surface area contributed by atoms with Crippen LogP contribution in [0.3, 0.4) is 0 Å². The van der Waals surface area contributed by atoms with Crippen molar-refractivity contribution in [3.63, 3.8) is 0 Å². The number of esters is 1. The number of hydrogen-bond donors (Lipinski definition) is 0. The van der Waals surface area contributed by atoms with Crippen LogP contribution in [0.2, 0.25) is 0 Å². The molecule has 2 heteroatoms. The van der Waals surface area contributed by atoms with Crippen molar-refractivity contribution in [2.24, 2.45) is 5.41 Å². The van der Waals surface area contributed by atoms with Gasteiger partial charge in [0.05, 0.1) is 12.0 Å². The van der Waals surface area contributed by atoms with Crippen LogP contribution < -0.4 is 0 Å². The van der Waals surface area contributed by atoms with Gasteiger partial charge >= 0.3 is 5.97 Å². The van der Waals surface area contributed by atoms with Crippen LogP contribution in [-0.2, 0) is 9.53 Å². The van der Waals surface area contributed by atoms with E-state index in [0.29, 0.717) is 12.5 Å². The third-order valence-corrected chi connectivity index (χ3v) is 3.00. The molecule has 0 bridgehead atoms. The highest BCUT2D eigenvalue weighted by atomic mass is 16.5. The monoisotopic (exact) mass is 204 g/mol. The van der Waals surface area contributed by atoms with Crippen LogP contribution in [0.5, 0.6) is 0 Å². The van der Waals surface area contributed by atoms with Gasteiger partial charge in [0.15, 0.2) is 0 Å². The van der Waals surface area contributed by atoms with E-state index in [-0.39, 0.29) is 11.4 Å². The highest BCUT2D eigenvalue weighted by Gasteiger charge is 2.37. The number of benzene rings is 1. The Kier molecular flexibility index (Phi) is 2.51. The first kappa shape index (κ1) is 10.2. The van der Waals surface area contributed by atoms with Gasteiger partial charge in [0.1, 0.15) is 0 Å². The van der Waals surface area contributed by atoms with E-state index in [9.17, 15) is 4.79 Å². The fourth-order valence-electron chi connectivity index (χ4n) is 2.07. The molecule has 0 aliphatic carbocycles. The summed E-state index contributed by atoms with van der Waals surface area (Å²) in [6.45, 7) is 4.42. The van der Waals surface area contributed by atoms with E-state index in [2.05, 4.69) is 12.1 Å². The average Bonchev–Trinajstić information content (AvgIpc) is 2.23. The minimum Gasteiger partial charge on any atom is -0.465 e. The van der Waals surface area contributed by atoms with Crippen LogP contribution in [0.1, 0.15) is 31.7 Å². The molecule has 2 rings (SSSR count). The lowest BCUT2D eigenvalue weighted by atomic mass is 9.78. The minimum absolute atomic E-state index is 0.0744. The molecule has 0 spiro atoms. The molecular formula is C13H16O2. The molecule has 0 unspecified atom stereocenters. The van der Waals surface area contributed by atoms with Gasteiger partial charge in [-0.1, -0.05) is 30.3 Å². The highest BCUT2D eigenvalue weighted by Crippen LogP contribution is 2.36. The van der Waals surface area contributed by atoms with Crippen molar-refractivity contribution in [2.45, 2.75) is 26.2 Å². The van der Waals surface area contributed by atoms with Gasteiger partial charge in [0.2, 0.25) is 0 Å². The lowest BCUT2D eigenvalue weighted by Gasteiger charge is -2.33. The molecule has 1 aromatic carbocycles. The lowest BCUT2D eigenvalue weighted by Crippen LogP contribution is -2.35. The second-order valence-electron chi connectivity index (χ2n) is 4.79. The molecule has 1 saturated heterocycles. The van der Waals surface area contributed by atoms with Gasteiger partial charge < -0.3 is 4.74 Å². The quantitative estimate of drug-likeness (QED) is 0.657. The standard InChI is InChI=1S/C13H16O2/c1-13(2)8-11(9-15-12(13)14)10-6-4-3-5-7-10/h3-7,11H,8-9H2,1-2H3/t11-/m1/s1. The molecule has 1 aliphatic heterocycles. The Hall–Kier alpha value is -1.31. The smallest absolute Gasteiger partial charge is 0.311 e. The molecule has 0 amide bonds. The second kappa shape index (κ2) is 3.69. The molecule has 0 aromatic heterocycles. The van der Waals surface area contributed by atoms with E-state index < -0.39 is 0 Å². The van der Waals surface area contributed by atoms with Gasteiger partial charge in [-0.05, 0) is 25.8 Å². The van der Waals surface area contributed by atoms with Crippen LogP contribution in [0, 0.1) is 5.41 Å². The maximum absolute atomic E-state index is 11.5. The Morgan fingerprint density at radius 3 is 2.53 bits per heavy atom. The molecule has 0 radical (unpaired) electrons. The van der Waals surface area contributed by atoms with Crippen molar-refractivity contribution in [3.05, 3.63) is 35.9 Å². The summed E-state index contributed by atoms with van der Waals surface area (Å²) in [4.78, 5) is 11.5. The first-order chi connectivity index (χ1) is 7.09. The fourth-order valence-corrected chi connectivity index (χ4v) is 2.07. The highest BCUT2D eigenvalue weighted by molar-refractivity contribution is 5.76. The SMILES string of the molecule is CC1(C)C[C@@H](c2ccccc2)COC1=O. The van der Waals surface area contributed by atoms with Crippen molar-refractivity contribution in [1.82, 2.24) is 0 Å². The predicted molar refractivity (Wildman–Crippen MR) is 58.5 cm³/mol. The summed E-state index contributed by atoms with van der Waals surface area (Å²) in [7, 11) is 0. The molecule has 1 heterocycles. The number of cyclic esters (lactones) is 1. The predicted octanol–water partition coefficient (Wildman–Crippen LogP) is 2.74. The average molecular weight is 204 g/mol. The topological polar surface area (TPSA) is 26.3 Å². The van der Waals surface area contributed by atoms with Crippen molar-refractivity contribution in [1.29, 1.82) is 0 Å². The largest absolute Gasteiger partial charge is 0.465 e. The summed E-state index contributed by atoms with van der Waals surface area (Å²) < 4.78 is 5.22. The zero-order valence-corrected chi connectivity index (χ0v) is 9.19. The van der Waals surface area contributed by atoms with Gasteiger partial charge in [-0.2, -0.15) is 0 Å². The normalized spacial score (nSPS) is 24.7. The summed E-state index contributed by atoms with van der Waals surface area (Å²) in [5.41, 5.74) is 0.914. The third-order valence-electron chi connectivity index (χ3n) is 3.00. The molecular weight excluding hydrogens is 188 g/mol.